The summed E-state index contributed by atoms with van der Waals surface area (Å²) in [5, 5.41) is 5.80. The summed E-state index contributed by atoms with van der Waals surface area (Å²) in [5.41, 5.74) is 4.35. The van der Waals surface area contributed by atoms with Crippen LogP contribution in [0.2, 0.25) is 0 Å². The van der Waals surface area contributed by atoms with E-state index in [1.807, 2.05) is 26.0 Å². The molecule has 1 saturated heterocycles. The second-order valence-electron chi connectivity index (χ2n) is 8.07. The van der Waals surface area contributed by atoms with E-state index in [0.29, 0.717) is 6.54 Å². The first-order valence-electron chi connectivity index (χ1n) is 10.3. The molecule has 1 fully saturated rings. The Balaban J connectivity index is 1.61. The molecule has 0 unspecified atom stereocenters. The third-order valence-corrected chi connectivity index (χ3v) is 5.89. The van der Waals surface area contributed by atoms with Gasteiger partial charge in [-0.15, -0.1) is 0 Å². The number of quaternary nitrogens is 1. The second-order valence-corrected chi connectivity index (χ2v) is 8.07. The Morgan fingerprint density at radius 1 is 0.964 bits per heavy atom. The van der Waals surface area contributed by atoms with Crippen molar-refractivity contribution in [3.63, 3.8) is 0 Å². The van der Waals surface area contributed by atoms with Crippen molar-refractivity contribution in [3.8, 4) is 0 Å². The van der Waals surface area contributed by atoms with Crippen molar-refractivity contribution in [2.24, 2.45) is 0 Å². The zero-order valence-corrected chi connectivity index (χ0v) is 16.8. The van der Waals surface area contributed by atoms with Gasteiger partial charge in [0.25, 0.3) is 5.91 Å². The number of hydrogen-bond donors (Lipinski definition) is 2. The molecule has 1 amide bonds. The predicted molar refractivity (Wildman–Crippen MR) is 115 cm³/mol. The number of carbonyl (C=O) groups excluding carboxylic acids is 1. The van der Waals surface area contributed by atoms with Gasteiger partial charge in [-0.25, -0.2) is 0 Å². The minimum absolute atomic E-state index is 0.0237. The SMILES string of the molecule is Cc1cc(C)cc(C(=O)NC[C@H](c2cccc3ccccc23)[NH+]2CCCC2)c1. The summed E-state index contributed by atoms with van der Waals surface area (Å²) in [6.45, 7) is 7.09. The van der Waals surface area contributed by atoms with Crippen molar-refractivity contribution >= 4 is 16.7 Å². The van der Waals surface area contributed by atoms with Gasteiger partial charge in [-0.2, -0.15) is 0 Å². The first-order valence-corrected chi connectivity index (χ1v) is 10.3. The van der Waals surface area contributed by atoms with Crippen LogP contribution >= 0.6 is 0 Å². The van der Waals surface area contributed by atoms with Crippen LogP contribution in [0, 0.1) is 13.8 Å². The molecule has 0 radical (unpaired) electrons. The zero-order valence-electron chi connectivity index (χ0n) is 16.8. The Morgan fingerprint density at radius 3 is 2.39 bits per heavy atom. The van der Waals surface area contributed by atoms with E-state index in [2.05, 4.69) is 53.8 Å². The Labute approximate surface area is 167 Å². The molecule has 1 aliphatic heterocycles. The molecular formula is C25H29N2O+. The molecule has 1 atom stereocenters. The van der Waals surface area contributed by atoms with Gasteiger partial charge in [0.2, 0.25) is 0 Å². The summed E-state index contributed by atoms with van der Waals surface area (Å²) in [5.74, 6) is 0.0237. The maximum atomic E-state index is 12.8. The van der Waals surface area contributed by atoms with E-state index < -0.39 is 0 Å². The molecule has 0 aromatic heterocycles. The molecule has 0 spiro atoms. The average molecular weight is 374 g/mol. The van der Waals surface area contributed by atoms with Crippen molar-refractivity contribution < 1.29 is 9.69 Å². The lowest BCUT2D eigenvalue weighted by Crippen LogP contribution is -3.11. The van der Waals surface area contributed by atoms with Crippen LogP contribution in [0.4, 0.5) is 0 Å². The summed E-state index contributed by atoms with van der Waals surface area (Å²) in [7, 11) is 0. The molecule has 0 aliphatic carbocycles. The lowest BCUT2D eigenvalue weighted by atomic mass is 9.97. The first kappa shape index (κ1) is 18.7. The highest BCUT2D eigenvalue weighted by molar-refractivity contribution is 5.94. The molecule has 2 N–H and O–H groups in total. The number of nitrogens with one attached hydrogen (secondary N) is 2. The van der Waals surface area contributed by atoms with Gasteiger partial charge in [-0.3, -0.25) is 4.79 Å². The quantitative estimate of drug-likeness (QED) is 0.704. The lowest BCUT2D eigenvalue weighted by molar-refractivity contribution is -0.918. The van der Waals surface area contributed by atoms with Gasteiger partial charge in [0.15, 0.2) is 0 Å². The second kappa shape index (κ2) is 8.15. The molecule has 144 valence electrons. The zero-order chi connectivity index (χ0) is 19.5. The lowest BCUT2D eigenvalue weighted by Gasteiger charge is -2.26. The highest BCUT2D eigenvalue weighted by Crippen LogP contribution is 2.23. The molecule has 0 saturated carbocycles. The molecule has 0 bridgehead atoms. The third-order valence-electron chi connectivity index (χ3n) is 5.89. The van der Waals surface area contributed by atoms with Crippen molar-refractivity contribution in [2.75, 3.05) is 19.6 Å². The van der Waals surface area contributed by atoms with Gasteiger partial charge in [0, 0.05) is 24.0 Å². The third kappa shape index (κ3) is 3.95. The number of benzene rings is 3. The van der Waals surface area contributed by atoms with Gasteiger partial charge >= 0.3 is 0 Å². The Kier molecular flexibility index (Phi) is 5.45. The maximum Gasteiger partial charge on any atom is 0.251 e. The van der Waals surface area contributed by atoms with E-state index in [1.165, 1.54) is 42.3 Å². The maximum absolute atomic E-state index is 12.8. The van der Waals surface area contributed by atoms with Gasteiger partial charge < -0.3 is 10.2 Å². The van der Waals surface area contributed by atoms with Crippen LogP contribution in [0.15, 0.2) is 60.7 Å². The summed E-state index contributed by atoms with van der Waals surface area (Å²) < 4.78 is 0. The van der Waals surface area contributed by atoms with Crippen LogP contribution in [-0.2, 0) is 0 Å². The van der Waals surface area contributed by atoms with Gasteiger partial charge in [-0.1, -0.05) is 59.7 Å². The Bertz CT molecular complexity index is 963. The molecule has 1 heterocycles. The standard InChI is InChI=1S/C25H28N2O/c1-18-14-19(2)16-21(15-18)25(28)26-17-24(27-12-5-6-13-27)23-11-7-9-20-8-3-4-10-22(20)23/h3-4,7-11,14-16,24H,5-6,12-13,17H2,1-2H3,(H,26,28)/p+1/t24-/m1/s1. The number of rotatable bonds is 5. The van der Waals surface area contributed by atoms with Crippen LogP contribution in [0.1, 0.15) is 45.9 Å². The smallest absolute Gasteiger partial charge is 0.251 e. The molecule has 3 heteroatoms. The number of aryl methyl sites for hydroxylation is 2. The predicted octanol–water partition coefficient (Wildman–Crippen LogP) is 3.61. The highest BCUT2D eigenvalue weighted by Gasteiger charge is 2.29. The van der Waals surface area contributed by atoms with Crippen LogP contribution in [0.25, 0.3) is 10.8 Å². The Hall–Kier alpha value is -2.65. The highest BCUT2D eigenvalue weighted by atomic mass is 16.1. The summed E-state index contributed by atoms with van der Waals surface area (Å²) in [6.07, 6.45) is 2.53. The van der Waals surface area contributed by atoms with Gasteiger partial charge in [0.05, 0.1) is 19.6 Å². The van der Waals surface area contributed by atoms with Gasteiger partial charge in [0.1, 0.15) is 6.04 Å². The minimum Gasteiger partial charge on any atom is -0.346 e. The van der Waals surface area contributed by atoms with Crippen molar-refractivity contribution in [1.29, 1.82) is 0 Å². The van der Waals surface area contributed by atoms with Crippen LogP contribution in [-0.4, -0.2) is 25.5 Å². The van der Waals surface area contributed by atoms with Crippen LogP contribution in [0.3, 0.4) is 0 Å². The summed E-state index contributed by atoms with van der Waals surface area (Å²) >= 11 is 0. The van der Waals surface area contributed by atoms with E-state index in [0.717, 1.165) is 16.7 Å². The van der Waals surface area contributed by atoms with E-state index in [-0.39, 0.29) is 11.9 Å². The number of hydrogen-bond acceptors (Lipinski definition) is 1. The van der Waals surface area contributed by atoms with E-state index in [9.17, 15) is 4.79 Å². The van der Waals surface area contributed by atoms with Crippen molar-refractivity contribution in [1.82, 2.24) is 5.32 Å². The van der Waals surface area contributed by atoms with E-state index in [4.69, 9.17) is 0 Å². The van der Waals surface area contributed by atoms with Crippen LogP contribution in [0.5, 0.6) is 0 Å². The Morgan fingerprint density at radius 2 is 1.64 bits per heavy atom. The normalized spacial score (nSPS) is 15.6. The monoisotopic (exact) mass is 373 g/mol. The largest absolute Gasteiger partial charge is 0.346 e. The fourth-order valence-corrected chi connectivity index (χ4v) is 4.61. The molecular weight excluding hydrogens is 344 g/mol. The molecule has 4 rings (SSSR count). The molecule has 3 aromatic carbocycles. The fraction of sp³-hybridized carbons (Fsp3) is 0.320. The molecule has 1 aliphatic rings. The van der Waals surface area contributed by atoms with E-state index >= 15 is 0 Å². The topological polar surface area (TPSA) is 33.5 Å². The number of carbonyl (C=O) groups is 1. The minimum atomic E-state index is 0.0237. The first-order chi connectivity index (χ1) is 13.6. The number of fused-ring (bicyclic) bond motifs is 1. The molecule has 3 aromatic rings. The summed E-state index contributed by atoms with van der Waals surface area (Å²) in [4.78, 5) is 14.4. The van der Waals surface area contributed by atoms with E-state index in [1.54, 1.807) is 4.90 Å². The van der Waals surface area contributed by atoms with Crippen molar-refractivity contribution in [3.05, 3.63) is 82.9 Å². The average Bonchev–Trinajstić information content (AvgIpc) is 3.22. The van der Waals surface area contributed by atoms with Crippen molar-refractivity contribution in [2.45, 2.75) is 32.7 Å². The van der Waals surface area contributed by atoms with Crippen LogP contribution < -0.4 is 10.2 Å². The summed E-state index contributed by atoms with van der Waals surface area (Å²) in [6, 6.07) is 21.4. The number of amides is 1. The van der Waals surface area contributed by atoms with Gasteiger partial charge in [-0.05, 0) is 36.8 Å². The molecule has 3 nitrogen and oxygen atoms in total. The number of likely N-dealkylation sites (tertiary alicyclic amines) is 1. The fourth-order valence-electron chi connectivity index (χ4n) is 4.61. The molecule has 28 heavy (non-hydrogen) atoms.